The minimum atomic E-state index is -0.415. The summed E-state index contributed by atoms with van der Waals surface area (Å²) in [7, 11) is 0. The second-order valence-corrected chi connectivity index (χ2v) is 4.34. The van der Waals surface area contributed by atoms with Crippen molar-refractivity contribution < 1.29 is 13.9 Å². The number of rotatable bonds is 4. The number of aryl methyl sites for hydroxylation is 2. The van der Waals surface area contributed by atoms with Gasteiger partial charge in [0.25, 0.3) is 5.91 Å². The van der Waals surface area contributed by atoms with Crippen LogP contribution in [0.5, 0.6) is 5.75 Å². The van der Waals surface area contributed by atoms with Crippen molar-refractivity contribution in [1.82, 2.24) is 10.2 Å². The lowest BCUT2D eigenvalue weighted by Gasteiger charge is -2.11. The minimum Gasteiger partial charge on any atom is -0.492 e. The molecule has 5 nitrogen and oxygen atoms in total. The molecule has 0 atom stereocenters. The molecule has 0 aliphatic rings. The summed E-state index contributed by atoms with van der Waals surface area (Å²) < 4.78 is 18.5. The molecule has 0 aliphatic carbocycles. The van der Waals surface area contributed by atoms with E-state index in [1.165, 1.54) is 18.2 Å². The summed E-state index contributed by atoms with van der Waals surface area (Å²) in [5.41, 5.74) is 2.20. The van der Waals surface area contributed by atoms with Gasteiger partial charge in [-0.25, -0.2) is 4.39 Å². The molecule has 6 heteroatoms. The highest BCUT2D eigenvalue weighted by Gasteiger charge is 2.17. The molecule has 0 spiro atoms. The highest BCUT2D eigenvalue weighted by atomic mass is 19.1. The number of carbonyl (C=O) groups is 1. The Morgan fingerprint density at radius 1 is 1.45 bits per heavy atom. The highest BCUT2D eigenvalue weighted by molar-refractivity contribution is 6.06. The van der Waals surface area contributed by atoms with E-state index in [9.17, 15) is 9.18 Å². The van der Waals surface area contributed by atoms with Gasteiger partial charge in [-0.05, 0) is 32.9 Å². The number of aromatic amines is 1. The number of amides is 1. The van der Waals surface area contributed by atoms with Crippen LogP contribution in [-0.4, -0.2) is 22.7 Å². The van der Waals surface area contributed by atoms with Gasteiger partial charge in [-0.2, -0.15) is 5.10 Å². The monoisotopic (exact) mass is 277 g/mol. The summed E-state index contributed by atoms with van der Waals surface area (Å²) in [4.78, 5) is 12.2. The molecule has 2 aromatic rings. The molecule has 1 heterocycles. The standard InChI is InChI=1S/C14H16FN3O2/c1-4-20-12-7-10(15)5-6-11(12)16-14(19)13-8(2)17-18-9(13)3/h5-7H,4H2,1-3H3,(H,16,19)(H,17,18). The van der Waals surface area contributed by atoms with Gasteiger partial charge in [0.1, 0.15) is 11.6 Å². The smallest absolute Gasteiger partial charge is 0.259 e. The SMILES string of the molecule is CCOc1cc(F)ccc1NC(=O)c1c(C)n[nH]c1C. The lowest BCUT2D eigenvalue weighted by atomic mass is 10.2. The van der Waals surface area contributed by atoms with Crippen molar-refractivity contribution in [3.05, 3.63) is 41.0 Å². The molecule has 0 aliphatic heterocycles. The minimum absolute atomic E-state index is 0.304. The highest BCUT2D eigenvalue weighted by Crippen LogP contribution is 2.26. The molecule has 0 saturated carbocycles. The van der Waals surface area contributed by atoms with Gasteiger partial charge in [0.15, 0.2) is 0 Å². The van der Waals surface area contributed by atoms with Crippen LogP contribution in [-0.2, 0) is 0 Å². The van der Waals surface area contributed by atoms with E-state index in [0.29, 0.717) is 35.0 Å². The van der Waals surface area contributed by atoms with Gasteiger partial charge < -0.3 is 10.1 Å². The molecule has 1 amide bonds. The van der Waals surface area contributed by atoms with Crippen molar-refractivity contribution >= 4 is 11.6 Å². The van der Waals surface area contributed by atoms with Crippen LogP contribution in [0.3, 0.4) is 0 Å². The Bertz CT molecular complexity index is 618. The zero-order chi connectivity index (χ0) is 14.7. The largest absolute Gasteiger partial charge is 0.492 e. The third-order valence-electron chi connectivity index (χ3n) is 2.85. The van der Waals surface area contributed by atoms with Gasteiger partial charge in [-0.3, -0.25) is 9.89 Å². The average Bonchev–Trinajstić information content (AvgIpc) is 2.72. The van der Waals surface area contributed by atoms with Crippen molar-refractivity contribution in [2.45, 2.75) is 20.8 Å². The Balaban J connectivity index is 2.28. The second kappa shape index (κ2) is 5.73. The summed E-state index contributed by atoms with van der Waals surface area (Å²) in [5.74, 6) is -0.414. The molecule has 1 aromatic carbocycles. The number of hydrogen-bond acceptors (Lipinski definition) is 3. The fourth-order valence-electron chi connectivity index (χ4n) is 1.94. The van der Waals surface area contributed by atoms with Gasteiger partial charge in [0.05, 0.1) is 23.6 Å². The third-order valence-corrected chi connectivity index (χ3v) is 2.85. The van der Waals surface area contributed by atoms with Crippen molar-refractivity contribution in [2.75, 3.05) is 11.9 Å². The molecule has 0 fully saturated rings. The summed E-state index contributed by atoms with van der Waals surface area (Å²) in [5, 5.41) is 9.44. The van der Waals surface area contributed by atoms with E-state index in [1.54, 1.807) is 20.8 Å². The van der Waals surface area contributed by atoms with Gasteiger partial charge in [0, 0.05) is 11.8 Å². The molecule has 2 N–H and O–H groups in total. The fraction of sp³-hybridized carbons (Fsp3) is 0.286. The van der Waals surface area contributed by atoms with Gasteiger partial charge >= 0.3 is 0 Å². The van der Waals surface area contributed by atoms with E-state index in [4.69, 9.17) is 4.74 Å². The molecule has 1 aromatic heterocycles. The van der Waals surface area contributed by atoms with Crippen LogP contribution in [0.2, 0.25) is 0 Å². The number of aromatic nitrogens is 2. The predicted octanol–water partition coefficient (Wildman–Crippen LogP) is 2.82. The summed E-state index contributed by atoms with van der Waals surface area (Å²) in [6.45, 7) is 5.69. The molecule has 20 heavy (non-hydrogen) atoms. The fourth-order valence-corrected chi connectivity index (χ4v) is 1.94. The zero-order valence-corrected chi connectivity index (χ0v) is 11.6. The van der Waals surface area contributed by atoms with E-state index in [2.05, 4.69) is 15.5 Å². The van der Waals surface area contributed by atoms with Crippen molar-refractivity contribution in [1.29, 1.82) is 0 Å². The maximum atomic E-state index is 13.2. The van der Waals surface area contributed by atoms with Gasteiger partial charge in [-0.1, -0.05) is 0 Å². The Morgan fingerprint density at radius 2 is 2.20 bits per heavy atom. The first kappa shape index (κ1) is 14.0. The van der Waals surface area contributed by atoms with Crippen LogP contribution in [0.25, 0.3) is 0 Å². The second-order valence-electron chi connectivity index (χ2n) is 4.34. The van der Waals surface area contributed by atoms with Crippen LogP contribution >= 0.6 is 0 Å². The van der Waals surface area contributed by atoms with Crippen LogP contribution in [0, 0.1) is 19.7 Å². The van der Waals surface area contributed by atoms with Crippen LogP contribution in [0.1, 0.15) is 28.7 Å². The van der Waals surface area contributed by atoms with Crippen molar-refractivity contribution in [3.63, 3.8) is 0 Å². The topological polar surface area (TPSA) is 67.0 Å². The lowest BCUT2D eigenvalue weighted by Crippen LogP contribution is -2.14. The quantitative estimate of drug-likeness (QED) is 0.903. The first-order chi connectivity index (χ1) is 9.52. The molecule has 2 rings (SSSR count). The molecule has 0 saturated heterocycles. The van der Waals surface area contributed by atoms with Gasteiger partial charge in [-0.15, -0.1) is 0 Å². The van der Waals surface area contributed by atoms with E-state index in [1.807, 2.05) is 0 Å². The maximum absolute atomic E-state index is 13.2. The predicted molar refractivity (Wildman–Crippen MR) is 73.6 cm³/mol. The number of nitrogens with one attached hydrogen (secondary N) is 2. The third kappa shape index (κ3) is 2.79. The Morgan fingerprint density at radius 3 is 2.80 bits per heavy atom. The van der Waals surface area contributed by atoms with Crippen LogP contribution in [0.4, 0.5) is 10.1 Å². The number of benzene rings is 1. The van der Waals surface area contributed by atoms with Crippen LogP contribution in [0.15, 0.2) is 18.2 Å². The lowest BCUT2D eigenvalue weighted by molar-refractivity contribution is 0.102. The summed E-state index contributed by atoms with van der Waals surface area (Å²) in [6.07, 6.45) is 0. The summed E-state index contributed by atoms with van der Waals surface area (Å²) >= 11 is 0. The Kier molecular flexibility index (Phi) is 4.02. The van der Waals surface area contributed by atoms with E-state index in [-0.39, 0.29) is 5.91 Å². The van der Waals surface area contributed by atoms with Gasteiger partial charge in [0.2, 0.25) is 0 Å². The summed E-state index contributed by atoms with van der Waals surface area (Å²) in [6, 6.07) is 3.99. The van der Waals surface area contributed by atoms with Crippen LogP contribution < -0.4 is 10.1 Å². The normalized spacial score (nSPS) is 10.4. The average molecular weight is 277 g/mol. The number of carbonyl (C=O) groups excluding carboxylic acids is 1. The molecule has 106 valence electrons. The first-order valence-electron chi connectivity index (χ1n) is 6.28. The van der Waals surface area contributed by atoms with E-state index >= 15 is 0 Å². The molecular weight excluding hydrogens is 261 g/mol. The first-order valence-corrected chi connectivity index (χ1v) is 6.28. The number of anilines is 1. The van der Waals surface area contributed by atoms with E-state index < -0.39 is 5.82 Å². The Hall–Kier alpha value is -2.37. The number of nitrogens with zero attached hydrogens (tertiary/aromatic N) is 1. The van der Waals surface area contributed by atoms with E-state index in [0.717, 1.165) is 0 Å². The molecule has 0 bridgehead atoms. The van der Waals surface area contributed by atoms with Crippen molar-refractivity contribution in [3.8, 4) is 5.75 Å². The maximum Gasteiger partial charge on any atom is 0.259 e. The molecule has 0 radical (unpaired) electrons. The zero-order valence-electron chi connectivity index (χ0n) is 11.6. The number of ether oxygens (including phenoxy) is 1. The number of halogens is 1. The Labute approximate surface area is 116 Å². The number of hydrogen-bond donors (Lipinski definition) is 2. The molecular formula is C14H16FN3O2. The van der Waals surface area contributed by atoms with Crippen molar-refractivity contribution in [2.24, 2.45) is 0 Å². The number of H-pyrrole nitrogens is 1. The molecule has 0 unspecified atom stereocenters.